The van der Waals surface area contributed by atoms with E-state index in [0.717, 1.165) is 40.2 Å². The number of aryl methyl sites for hydroxylation is 1. The molecule has 1 heterocycles. The number of hydrogen-bond acceptors (Lipinski definition) is 2. The van der Waals surface area contributed by atoms with Crippen LogP contribution in [0.4, 0.5) is 0 Å². The van der Waals surface area contributed by atoms with Crippen LogP contribution in [-0.4, -0.2) is 11.5 Å². The van der Waals surface area contributed by atoms with Gasteiger partial charge in [0.15, 0.2) is 5.43 Å². The first-order valence-electron chi connectivity index (χ1n) is 6.54. The fourth-order valence-corrected chi connectivity index (χ4v) is 2.54. The summed E-state index contributed by atoms with van der Waals surface area (Å²) < 4.78 is 0. The molecule has 3 N–H and O–H groups in total. The van der Waals surface area contributed by atoms with Gasteiger partial charge in [0.25, 0.3) is 0 Å². The van der Waals surface area contributed by atoms with E-state index in [1.165, 1.54) is 0 Å². The third kappa shape index (κ3) is 2.02. The molecule has 3 rings (SSSR count). The van der Waals surface area contributed by atoms with E-state index in [9.17, 15) is 4.79 Å². The fourth-order valence-electron chi connectivity index (χ4n) is 2.54. The summed E-state index contributed by atoms with van der Waals surface area (Å²) in [6.45, 7) is 0.641. The van der Waals surface area contributed by atoms with E-state index in [4.69, 9.17) is 5.73 Å². The maximum Gasteiger partial charge on any atom is 0.197 e. The summed E-state index contributed by atoms with van der Waals surface area (Å²) in [6.07, 6.45) is 1.74. The normalized spacial score (nSPS) is 11.2. The standard InChI is InChI=1S/C16H16N2O/c17-10-4-6-11-5-3-9-14-15(11)16(19)12-7-1-2-8-13(12)18-14/h1-3,5,7-9H,4,6,10,17H2,(H,18,19). The first-order valence-corrected chi connectivity index (χ1v) is 6.54. The Balaban J connectivity index is 2.36. The van der Waals surface area contributed by atoms with Crippen LogP contribution in [0.15, 0.2) is 47.3 Å². The molecule has 3 nitrogen and oxygen atoms in total. The minimum atomic E-state index is 0.108. The molecule has 96 valence electrons. The van der Waals surface area contributed by atoms with E-state index in [1.54, 1.807) is 0 Å². The molecule has 2 aromatic carbocycles. The van der Waals surface area contributed by atoms with Gasteiger partial charge in [0.05, 0.1) is 5.52 Å². The van der Waals surface area contributed by atoms with Gasteiger partial charge < -0.3 is 10.7 Å². The second kappa shape index (κ2) is 4.86. The monoisotopic (exact) mass is 252 g/mol. The maximum atomic E-state index is 12.6. The van der Waals surface area contributed by atoms with E-state index in [1.807, 2.05) is 42.5 Å². The highest BCUT2D eigenvalue weighted by atomic mass is 16.1. The summed E-state index contributed by atoms with van der Waals surface area (Å²) in [5.41, 5.74) is 8.54. The molecule has 0 amide bonds. The predicted molar refractivity (Wildman–Crippen MR) is 79.5 cm³/mol. The van der Waals surface area contributed by atoms with Gasteiger partial charge in [0.1, 0.15) is 0 Å². The van der Waals surface area contributed by atoms with Gasteiger partial charge >= 0.3 is 0 Å². The lowest BCUT2D eigenvalue weighted by atomic mass is 10.0. The van der Waals surface area contributed by atoms with E-state index >= 15 is 0 Å². The van der Waals surface area contributed by atoms with Gasteiger partial charge in [-0.05, 0) is 43.1 Å². The molecule has 1 aromatic heterocycles. The summed E-state index contributed by atoms with van der Waals surface area (Å²) in [6, 6.07) is 13.6. The van der Waals surface area contributed by atoms with E-state index in [0.29, 0.717) is 6.54 Å². The Hall–Kier alpha value is -2.13. The van der Waals surface area contributed by atoms with Crippen molar-refractivity contribution < 1.29 is 0 Å². The molecular weight excluding hydrogens is 236 g/mol. The number of aromatic nitrogens is 1. The van der Waals surface area contributed by atoms with Gasteiger partial charge in [0, 0.05) is 16.3 Å². The zero-order chi connectivity index (χ0) is 13.2. The molecule has 0 aliphatic rings. The summed E-state index contributed by atoms with van der Waals surface area (Å²) in [5.74, 6) is 0. The minimum absolute atomic E-state index is 0.108. The summed E-state index contributed by atoms with van der Waals surface area (Å²) >= 11 is 0. The van der Waals surface area contributed by atoms with Gasteiger partial charge in [0.2, 0.25) is 0 Å². The number of benzene rings is 2. The van der Waals surface area contributed by atoms with Crippen molar-refractivity contribution in [2.75, 3.05) is 6.54 Å². The van der Waals surface area contributed by atoms with Crippen LogP contribution >= 0.6 is 0 Å². The van der Waals surface area contributed by atoms with Gasteiger partial charge in [-0.25, -0.2) is 0 Å². The fraction of sp³-hybridized carbons (Fsp3) is 0.188. The SMILES string of the molecule is NCCCc1cccc2[nH]c3ccccc3c(=O)c12. The molecule has 0 fully saturated rings. The molecule has 0 saturated carbocycles. The van der Waals surface area contributed by atoms with Gasteiger partial charge in [-0.2, -0.15) is 0 Å². The Morgan fingerprint density at radius 1 is 1.00 bits per heavy atom. The minimum Gasteiger partial charge on any atom is -0.354 e. The second-order valence-corrected chi connectivity index (χ2v) is 4.73. The number of para-hydroxylation sites is 1. The second-order valence-electron chi connectivity index (χ2n) is 4.73. The molecular formula is C16H16N2O. The molecule has 0 saturated heterocycles. The van der Waals surface area contributed by atoms with E-state index < -0.39 is 0 Å². The van der Waals surface area contributed by atoms with Crippen molar-refractivity contribution >= 4 is 21.8 Å². The number of hydrogen-bond donors (Lipinski definition) is 2. The molecule has 19 heavy (non-hydrogen) atoms. The summed E-state index contributed by atoms with van der Waals surface area (Å²) in [4.78, 5) is 16.0. The quantitative estimate of drug-likeness (QED) is 0.704. The first-order chi connectivity index (χ1) is 9.31. The van der Waals surface area contributed by atoms with Crippen LogP contribution in [-0.2, 0) is 6.42 Å². The number of rotatable bonds is 3. The van der Waals surface area contributed by atoms with E-state index in [2.05, 4.69) is 4.98 Å². The highest BCUT2D eigenvalue weighted by Gasteiger charge is 2.08. The molecule has 0 aliphatic heterocycles. The lowest BCUT2D eigenvalue weighted by Gasteiger charge is -2.07. The molecule has 0 spiro atoms. The van der Waals surface area contributed by atoms with Crippen LogP contribution in [0.2, 0.25) is 0 Å². The average molecular weight is 252 g/mol. The molecule has 3 heteroatoms. The van der Waals surface area contributed by atoms with Crippen molar-refractivity contribution in [3.05, 3.63) is 58.3 Å². The number of pyridine rings is 1. The molecule has 3 aromatic rings. The third-order valence-corrected chi connectivity index (χ3v) is 3.47. The topological polar surface area (TPSA) is 58.9 Å². The molecule has 0 unspecified atom stereocenters. The van der Waals surface area contributed by atoms with Gasteiger partial charge in [-0.15, -0.1) is 0 Å². The van der Waals surface area contributed by atoms with Crippen LogP contribution in [0.3, 0.4) is 0 Å². The zero-order valence-corrected chi connectivity index (χ0v) is 10.6. The van der Waals surface area contributed by atoms with Crippen LogP contribution in [0.25, 0.3) is 21.8 Å². The zero-order valence-electron chi connectivity index (χ0n) is 10.6. The number of fused-ring (bicyclic) bond motifs is 2. The molecule has 0 atom stereocenters. The van der Waals surface area contributed by atoms with Crippen molar-refractivity contribution in [1.82, 2.24) is 4.98 Å². The molecule has 0 bridgehead atoms. The molecule has 0 radical (unpaired) electrons. The Bertz CT molecular complexity index is 789. The highest BCUT2D eigenvalue weighted by Crippen LogP contribution is 2.18. The third-order valence-electron chi connectivity index (χ3n) is 3.47. The van der Waals surface area contributed by atoms with Crippen molar-refractivity contribution in [3.8, 4) is 0 Å². The smallest absolute Gasteiger partial charge is 0.197 e. The van der Waals surface area contributed by atoms with Gasteiger partial charge in [-0.3, -0.25) is 4.79 Å². The number of H-pyrrole nitrogens is 1. The van der Waals surface area contributed by atoms with Crippen molar-refractivity contribution in [2.24, 2.45) is 5.73 Å². The first kappa shape index (κ1) is 11.9. The van der Waals surface area contributed by atoms with Crippen LogP contribution in [0, 0.1) is 0 Å². The lowest BCUT2D eigenvalue weighted by molar-refractivity contribution is 0.837. The number of nitrogens with two attached hydrogens (primary N) is 1. The lowest BCUT2D eigenvalue weighted by Crippen LogP contribution is -2.08. The Labute approximate surface area is 111 Å². The summed E-state index contributed by atoms with van der Waals surface area (Å²) in [5, 5.41) is 1.55. The van der Waals surface area contributed by atoms with Crippen molar-refractivity contribution in [3.63, 3.8) is 0 Å². The molecule has 0 aliphatic carbocycles. The predicted octanol–water partition coefficient (Wildman–Crippen LogP) is 2.57. The van der Waals surface area contributed by atoms with E-state index in [-0.39, 0.29) is 5.43 Å². The average Bonchev–Trinajstić information content (AvgIpc) is 2.45. The van der Waals surface area contributed by atoms with Crippen molar-refractivity contribution in [2.45, 2.75) is 12.8 Å². The Morgan fingerprint density at radius 2 is 1.79 bits per heavy atom. The van der Waals surface area contributed by atoms with Crippen LogP contribution < -0.4 is 11.2 Å². The maximum absolute atomic E-state index is 12.6. The van der Waals surface area contributed by atoms with Gasteiger partial charge in [-0.1, -0.05) is 24.3 Å². The number of aromatic amines is 1. The number of nitrogens with one attached hydrogen (secondary N) is 1. The van der Waals surface area contributed by atoms with Crippen LogP contribution in [0.5, 0.6) is 0 Å². The summed E-state index contributed by atoms with van der Waals surface area (Å²) in [7, 11) is 0. The van der Waals surface area contributed by atoms with Crippen molar-refractivity contribution in [1.29, 1.82) is 0 Å². The Morgan fingerprint density at radius 3 is 2.63 bits per heavy atom. The Kier molecular flexibility index (Phi) is 3.05. The highest BCUT2D eigenvalue weighted by molar-refractivity contribution is 5.94. The van der Waals surface area contributed by atoms with Crippen LogP contribution in [0.1, 0.15) is 12.0 Å². The largest absolute Gasteiger partial charge is 0.354 e.